The summed E-state index contributed by atoms with van der Waals surface area (Å²) in [5.41, 5.74) is 0.186. The molecule has 2 aliphatic heterocycles. The van der Waals surface area contributed by atoms with Gasteiger partial charge >= 0.3 is 0 Å². The SMILES string of the molecule is C[C@@H]1CCCCN1C(=O)CCN1C(=O)c2ccccc2S1(=O)=O. The summed E-state index contributed by atoms with van der Waals surface area (Å²) in [6.07, 6.45) is 3.09. The standard InChI is InChI=1S/C16H20N2O4S/c1-12-6-4-5-10-17(12)15(19)9-11-18-16(20)13-7-2-3-8-14(13)23(18,21)22/h2-3,7-8,12H,4-6,9-11H2,1H3/t12-/m1/s1. The molecule has 6 nitrogen and oxygen atoms in total. The van der Waals surface area contributed by atoms with Crippen LogP contribution in [0.15, 0.2) is 29.2 Å². The van der Waals surface area contributed by atoms with E-state index in [4.69, 9.17) is 0 Å². The number of sulfonamides is 1. The van der Waals surface area contributed by atoms with Crippen molar-refractivity contribution in [3.63, 3.8) is 0 Å². The molecule has 2 aliphatic rings. The number of nitrogens with zero attached hydrogens (tertiary/aromatic N) is 2. The van der Waals surface area contributed by atoms with Crippen LogP contribution in [-0.4, -0.2) is 48.6 Å². The van der Waals surface area contributed by atoms with E-state index in [-0.39, 0.29) is 35.4 Å². The van der Waals surface area contributed by atoms with Crippen LogP contribution in [0.2, 0.25) is 0 Å². The summed E-state index contributed by atoms with van der Waals surface area (Å²) in [5.74, 6) is -0.628. The third-order valence-electron chi connectivity index (χ3n) is 4.56. The zero-order valence-electron chi connectivity index (χ0n) is 13.1. The van der Waals surface area contributed by atoms with E-state index in [9.17, 15) is 18.0 Å². The Hall–Kier alpha value is -1.89. The summed E-state index contributed by atoms with van der Waals surface area (Å²) in [4.78, 5) is 26.5. The van der Waals surface area contributed by atoms with Gasteiger partial charge in [-0.3, -0.25) is 9.59 Å². The van der Waals surface area contributed by atoms with Crippen LogP contribution in [0, 0.1) is 0 Å². The predicted molar refractivity (Wildman–Crippen MR) is 84.3 cm³/mol. The fourth-order valence-electron chi connectivity index (χ4n) is 3.26. The highest BCUT2D eigenvalue weighted by molar-refractivity contribution is 7.90. The number of fused-ring (bicyclic) bond motifs is 1. The van der Waals surface area contributed by atoms with E-state index in [0.29, 0.717) is 6.54 Å². The van der Waals surface area contributed by atoms with Crippen LogP contribution in [0.1, 0.15) is 43.0 Å². The fourth-order valence-corrected chi connectivity index (χ4v) is 4.83. The average molecular weight is 336 g/mol. The van der Waals surface area contributed by atoms with Gasteiger partial charge in [-0.25, -0.2) is 12.7 Å². The Morgan fingerprint density at radius 1 is 1.26 bits per heavy atom. The van der Waals surface area contributed by atoms with Gasteiger partial charge in [-0.2, -0.15) is 0 Å². The van der Waals surface area contributed by atoms with Gasteiger partial charge in [0.1, 0.15) is 4.90 Å². The number of likely N-dealkylation sites (tertiary alicyclic amines) is 1. The second-order valence-corrected chi connectivity index (χ2v) is 7.89. The van der Waals surface area contributed by atoms with Gasteiger partial charge in [-0.1, -0.05) is 12.1 Å². The van der Waals surface area contributed by atoms with Crippen molar-refractivity contribution in [2.45, 2.75) is 43.5 Å². The van der Waals surface area contributed by atoms with E-state index in [2.05, 4.69) is 0 Å². The first-order valence-corrected chi connectivity index (χ1v) is 9.32. The van der Waals surface area contributed by atoms with E-state index >= 15 is 0 Å². The van der Waals surface area contributed by atoms with Crippen molar-refractivity contribution >= 4 is 21.8 Å². The van der Waals surface area contributed by atoms with Crippen molar-refractivity contribution in [2.24, 2.45) is 0 Å². The van der Waals surface area contributed by atoms with Crippen molar-refractivity contribution in [3.05, 3.63) is 29.8 Å². The fraction of sp³-hybridized carbons (Fsp3) is 0.500. The Balaban J connectivity index is 1.72. The lowest BCUT2D eigenvalue weighted by Gasteiger charge is -2.33. The maximum Gasteiger partial charge on any atom is 0.269 e. The van der Waals surface area contributed by atoms with Gasteiger partial charge in [0.05, 0.1) is 5.56 Å². The molecule has 23 heavy (non-hydrogen) atoms. The average Bonchev–Trinajstić information content (AvgIpc) is 2.73. The molecule has 1 fully saturated rings. The molecular weight excluding hydrogens is 316 g/mol. The lowest BCUT2D eigenvalue weighted by atomic mass is 10.0. The molecule has 124 valence electrons. The minimum atomic E-state index is -3.82. The quantitative estimate of drug-likeness (QED) is 0.841. The summed E-state index contributed by atoms with van der Waals surface area (Å²) in [5, 5.41) is 0. The zero-order valence-corrected chi connectivity index (χ0v) is 13.9. The molecule has 2 heterocycles. The number of piperidine rings is 1. The van der Waals surface area contributed by atoms with Crippen LogP contribution < -0.4 is 0 Å². The molecule has 1 aromatic rings. The van der Waals surface area contributed by atoms with Gasteiger partial charge in [-0.05, 0) is 38.3 Å². The van der Waals surface area contributed by atoms with Gasteiger partial charge in [-0.15, -0.1) is 0 Å². The molecule has 7 heteroatoms. The molecule has 2 amide bonds. The van der Waals surface area contributed by atoms with E-state index < -0.39 is 15.9 Å². The maximum atomic E-state index is 12.4. The molecule has 0 aromatic heterocycles. The van der Waals surface area contributed by atoms with Crippen molar-refractivity contribution in [1.29, 1.82) is 0 Å². The first kappa shape index (κ1) is 16.0. The maximum absolute atomic E-state index is 12.4. The molecule has 3 rings (SSSR count). The molecule has 0 bridgehead atoms. The number of rotatable bonds is 3. The second-order valence-electron chi connectivity index (χ2n) is 6.06. The Morgan fingerprint density at radius 3 is 2.70 bits per heavy atom. The number of hydrogen-bond donors (Lipinski definition) is 0. The third-order valence-corrected chi connectivity index (χ3v) is 6.40. The highest BCUT2D eigenvalue weighted by atomic mass is 32.2. The number of carbonyl (C=O) groups excluding carboxylic acids is 2. The molecule has 0 radical (unpaired) electrons. The zero-order chi connectivity index (χ0) is 16.6. The van der Waals surface area contributed by atoms with Crippen LogP contribution in [0.5, 0.6) is 0 Å². The van der Waals surface area contributed by atoms with Gasteiger partial charge in [0.2, 0.25) is 5.91 Å². The first-order valence-electron chi connectivity index (χ1n) is 7.88. The van der Waals surface area contributed by atoms with Gasteiger partial charge in [0, 0.05) is 25.6 Å². The molecule has 0 unspecified atom stereocenters. The van der Waals surface area contributed by atoms with Crippen LogP contribution >= 0.6 is 0 Å². The predicted octanol–water partition coefficient (Wildman–Crippen LogP) is 1.62. The van der Waals surface area contributed by atoms with Crippen LogP contribution in [-0.2, 0) is 14.8 Å². The number of benzene rings is 1. The van der Waals surface area contributed by atoms with Crippen molar-refractivity contribution in [1.82, 2.24) is 9.21 Å². The topological polar surface area (TPSA) is 74.8 Å². The van der Waals surface area contributed by atoms with Crippen molar-refractivity contribution < 1.29 is 18.0 Å². The summed E-state index contributed by atoms with van der Waals surface area (Å²) >= 11 is 0. The Morgan fingerprint density at radius 2 is 2.00 bits per heavy atom. The molecule has 0 N–H and O–H groups in total. The Kier molecular flexibility index (Phi) is 4.14. The van der Waals surface area contributed by atoms with Gasteiger partial charge in [0.15, 0.2) is 0 Å². The monoisotopic (exact) mass is 336 g/mol. The lowest BCUT2D eigenvalue weighted by Crippen LogP contribution is -2.43. The van der Waals surface area contributed by atoms with Crippen LogP contribution in [0.25, 0.3) is 0 Å². The minimum absolute atomic E-state index is 0.0311. The van der Waals surface area contributed by atoms with Crippen LogP contribution in [0.3, 0.4) is 0 Å². The molecule has 1 atom stereocenters. The van der Waals surface area contributed by atoms with Gasteiger partial charge in [0.25, 0.3) is 15.9 Å². The lowest BCUT2D eigenvalue weighted by molar-refractivity contribution is -0.134. The van der Waals surface area contributed by atoms with E-state index in [1.807, 2.05) is 6.92 Å². The minimum Gasteiger partial charge on any atom is -0.340 e. The molecule has 0 spiro atoms. The summed E-state index contributed by atoms with van der Waals surface area (Å²) in [7, 11) is -3.82. The van der Waals surface area contributed by atoms with Crippen molar-refractivity contribution in [2.75, 3.05) is 13.1 Å². The van der Waals surface area contributed by atoms with E-state index in [1.165, 1.54) is 12.1 Å². The Labute approximate surface area is 136 Å². The highest BCUT2D eigenvalue weighted by Gasteiger charge is 2.41. The first-order chi connectivity index (χ1) is 10.9. The second kappa shape index (κ2) is 5.96. The van der Waals surface area contributed by atoms with Crippen LogP contribution in [0.4, 0.5) is 0 Å². The number of hydrogen-bond acceptors (Lipinski definition) is 4. The number of amides is 2. The molecular formula is C16H20N2O4S. The summed E-state index contributed by atoms with van der Waals surface area (Å²) in [6, 6.07) is 6.34. The van der Waals surface area contributed by atoms with E-state index in [1.54, 1.807) is 17.0 Å². The molecule has 0 saturated carbocycles. The molecule has 1 aromatic carbocycles. The van der Waals surface area contributed by atoms with Gasteiger partial charge < -0.3 is 4.90 Å². The Bertz CT molecular complexity index is 744. The summed E-state index contributed by atoms with van der Waals surface area (Å²) in [6.45, 7) is 2.61. The number of carbonyl (C=O) groups is 2. The molecule has 1 saturated heterocycles. The smallest absolute Gasteiger partial charge is 0.269 e. The summed E-state index contributed by atoms with van der Waals surface area (Å²) < 4.78 is 25.7. The normalized spacial score (nSPS) is 23.0. The van der Waals surface area contributed by atoms with E-state index in [0.717, 1.165) is 23.6 Å². The highest BCUT2D eigenvalue weighted by Crippen LogP contribution is 2.30. The third kappa shape index (κ3) is 2.73. The molecule has 0 aliphatic carbocycles. The largest absolute Gasteiger partial charge is 0.340 e. The van der Waals surface area contributed by atoms with Crippen molar-refractivity contribution in [3.8, 4) is 0 Å².